The lowest BCUT2D eigenvalue weighted by Gasteiger charge is -2.37. The fourth-order valence-corrected chi connectivity index (χ4v) is 1.44. The number of hydrogen-bond acceptors (Lipinski definition) is 3. The van der Waals surface area contributed by atoms with Crippen LogP contribution in [0, 0.1) is 0 Å². The van der Waals surface area contributed by atoms with E-state index in [0.29, 0.717) is 0 Å². The average molecular weight is 353 g/mol. The Morgan fingerprint density at radius 1 is 0.864 bits per heavy atom. The minimum absolute atomic E-state index is 0.0665. The standard InChI is InChI=1S/C9H9F10NO2/c10-5(6(11,12)20-1-3-21-4-2-20)22-9(18,19)7(13,14)8(15,16)17/h5H,1-4H2. The second kappa shape index (κ2) is 6.00. The van der Waals surface area contributed by atoms with Crippen LogP contribution in [0.3, 0.4) is 0 Å². The maximum Gasteiger partial charge on any atom is 0.462 e. The Bertz CT molecular complexity index is 379. The minimum atomic E-state index is -6.84. The highest BCUT2D eigenvalue weighted by Gasteiger charge is 2.76. The summed E-state index contributed by atoms with van der Waals surface area (Å²) < 4.78 is 133. The third-order valence-corrected chi connectivity index (χ3v) is 2.68. The van der Waals surface area contributed by atoms with E-state index in [1.54, 1.807) is 0 Å². The predicted molar refractivity (Wildman–Crippen MR) is 49.3 cm³/mol. The van der Waals surface area contributed by atoms with E-state index in [-0.39, 0.29) is 18.1 Å². The van der Waals surface area contributed by atoms with Gasteiger partial charge in [0, 0.05) is 13.1 Å². The van der Waals surface area contributed by atoms with Gasteiger partial charge in [0.2, 0.25) is 0 Å². The lowest BCUT2D eigenvalue weighted by atomic mass is 10.3. The highest BCUT2D eigenvalue weighted by atomic mass is 19.4. The number of alkyl halides is 10. The van der Waals surface area contributed by atoms with Crippen LogP contribution in [0.4, 0.5) is 43.9 Å². The van der Waals surface area contributed by atoms with Gasteiger partial charge in [-0.25, -0.2) is 9.29 Å². The Morgan fingerprint density at radius 2 is 1.32 bits per heavy atom. The molecule has 0 amide bonds. The molecule has 3 nitrogen and oxygen atoms in total. The van der Waals surface area contributed by atoms with Crippen molar-refractivity contribution in [2.45, 2.75) is 30.6 Å². The third kappa shape index (κ3) is 3.56. The maximum atomic E-state index is 13.4. The SMILES string of the molecule is FC(OC(F)(F)C(F)(F)C(F)(F)F)C(F)(F)N1CCOCC1. The van der Waals surface area contributed by atoms with E-state index in [0.717, 1.165) is 0 Å². The van der Waals surface area contributed by atoms with Crippen LogP contribution in [0.25, 0.3) is 0 Å². The van der Waals surface area contributed by atoms with E-state index in [4.69, 9.17) is 0 Å². The summed E-state index contributed by atoms with van der Waals surface area (Å²) in [5.41, 5.74) is 0. The lowest BCUT2D eigenvalue weighted by Crippen LogP contribution is -2.59. The van der Waals surface area contributed by atoms with Crippen molar-refractivity contribution in [3.63, 3.8) is 0 Å². The molecule has 13 heteroatoms. The Hall–Kier alpha value is -0.820. The summed E-state index contributed by atoms with van der Waals surface area (Å²) in [6.45, 7) is -1.98. The topological polar surface area (TPSA) is 21.7 Å². The van der Waals surface area contributed by atoms with Gasteiger partial charge < -0.3 is 4.74 Å². The zero-order valence-corrected chi connectivity index (χ0v) is 10.4. The van der Waals surface area contributed by atoms with Crippen molar-refractivity contribution in [3.05, 3.63) is 0 Å². The van der Waals surface area contributed by atoms with Crippen LogP contribution in [0.2, 0.25) is 0 Å². The van der Waals surface area contributed by atoms with Crippen molar-refractivity contribution in [1.82, 2.24) is 4.90 Å². The van der Waals surface area contributed by atoms with Gasteiger partial charge in [-0.15, -0.1) is 0 Å². The van der Waals surface area contributed by atoms with Crippen LogP contribution in [-0.2, 0) is 9.47 Å². The van der Waals surface area contributed by atoms with Crippen LogP contribution >= 0.6 is 0 Å². The number of ether oxygens (including phenoxy) is 2. The van der Waals surface area contributed by atoms with E-state index in [9.17, 15) is 43.9 Å². The first-order chi connectivity index (χ1) is 9.73. The summed E-state index contributed by atoms with van der Waals surface area (Å²) in [5.74, 6) is -6.84. The van der Waals surface area contributed by atoms with E-state index in [1.807, 2.05) is 0 Å². The molecule has 22 heavy (non-hydrogen) atoms. The predicted octanol–water partition coefficient (Wildman–Crippen LogP) is 3.01. The van der Waals surface area contributed by atoms with E-state index < -0.39 is 43.7 Å². The van der Waals surface area contributed by atoms with Gasteiger partial charge in [0.1, 0.15) is 0 Å². The second-order valence-electron chi connectivity index (χ2n) is 4.21. The number of hydrogen-bond donors (Lipinski definition) is 0. The fraction of sp³-hybridized carbons (Fsp3) is 1.00. The fourth-order valence-electron chi connectivity index (χ4n) is 1.44. The number of halogens is 10. The van der Waals surface area contributed by atoms with Crippen molar-refractivity contribution in [1.29, 1.82) is 0 Å². The summed E-state index contributed by atoms with van der Waals surface area (Å²) in [5, 5.41) is 0. The summed E-state index contributed by atoms with van der Waals surface area (Å²) in [7, 11) is 0. The number of morpholine rings is 1. The Kier molecular flexibility index (Phi) is 5.24. The normalized spacial score (nSPS) is 21.0. The van der Waals surface area contributed by atoms with Gasteiger partial charge in [0.25, 0.3) is 6.36 Å². The Labute approximate surface area is 116 Å². The maximum absolute atomic E-state index is 13.4. The first-order valence-corrected chi connectivity index (χ1v) is 5.58. The van der Waals surface area contributed by atoms with Crippen molar-refractivity contribution in [2.75, 3.05) is 26.3 Å². The molecular weight excluding hydrogens is 344 g/mol. The molecule has 1 rings (SSSR count). The zero-order chi connectivity index (χ0) is 17.4. The van der Waals surface area contributed by atoms with Crippen molar-refractivity contribution in [3.8, 4) is 0 Å². The summed E-state index contributed by atoms with van der Waals surface area (Å²) in [6, 6.07) is -4.84. The van der Waals surface area contributed by atoms with Gasteiger partial charge in [-0.2, -0.15) is 39.5 Å². The molecule has 0 aliphatic carbocycles. The molecule has 1 unspecified atom stereocenters. The first kappa shape index (κ1) is 19.2. The molecule has 1 fully saturated rings. The highest BCUT2D eigenvalue weighted by molar-refractivity contribution is 4.86. The van der Waals surface area contributed by atoms with E-state index in [2.05, 4.69) is 9.47 Å². The van der Waals surface area contributed by atoms with Crippen molar-refractivity contribution in [2.24, 2.45) is 0 Å². The third-order valence-electron chi connectivity index (χ3n) is 2.68. The molecule has 132 valence electrons. The van der Waals surface area contributed by atoms with Crippen molar-refractivity contribution < 1.29 is 53.4 Å². The van der Waals surface area contributed by atoms with Gasteiger partial charge in [-0.1, -0.05) is 0 Å². The van der Waals surface area contributed by atoms with Gasteiger partial charge in [0.05, 0.1) is 13.2 Å². The van der Waals surface area contributed by atoms with E-state index >= 15 is 0 Å². The molecule has 1 atom stereocenters. The Balaban J connectivity index is 2.87. The molecule has 1 saturated heterocycles. The number of rotatable bonds is 5. The van der Waals surface area contributed by atoms with Gasteiger partial charge in [0.15, 0.2) is 0 Å². The summed E-state index contributed by atoms with van der Waals surface area (Å²) in [4.78, 5) is -0.0665. The largest absolute Gasteiger partial charge is 0.462 e. The minimum Gasteiger partial charge on any atom is -0.379 e. The first-order valence-electron chi connectivity index (χ1n) is 5.58. The highest BCUT2D eigenvalue weighted by Crippen LogP contribution is 2.48. The second-order valence-corrected chi connectivity index (χ2v) is 4.21. The smallest absolute Gasteiger partial charge is 0.379 e. The van der Waals surface area contributed by atoms with Crippen LogP contribution in [0.5, 0.6) is 0 Å². The molecule has 0 aromatic carbocycles. The molecule has 1 heterocycles. The van der Waals surface area contributed by atoms with Gasteiger partial charge in [-0.3, -0.25) is 4.74 Å². The summed E-state index contributed by atoms with van der Waals surface area (Å²) in [6.07, 6.45) is -17.7. The molecule has 1 aliphatic heterocycles. The molecule has 1 aliphatic rings. The Morgan fingerprint density at radius 3 is 1.73 bits per heavy atom. The quantitative estimate of drug-likeness (QED) is 0.560. The molecule has 0 bridgehead atoms. The monoisotopic (exact) mass is 353 g/mol. The number of nitrogens with zero attached hydrogens (tertiary/aromatic N) is 1. The average Bonchev–Trinajstić information content (AvgIpc) is 2.37. The molecule has 0 N–H and O–H groups in total. The van der Waals surface area contributed by atoms with Crippen LogP contribution in [-0.4, -0.2) is 61.8 Å². The van der Waals surface area contributed by atoms with Crippen LogP contribution in [0.15, 0.2) is 0 Å². The summed E-state index contributed by atoms with van der Waals surface area (Å²) >= 11 is 0. The van der Waals surface area contributed by atoms with Crippen molar-refractivity contribution >= 4 is 0 Å². The molecular formula is C9H9F10NO2. The van der Waals surface area contributed by atoms with Crippen LogP contribution < -0.4 is 0 Å². The molecule has 0 aromatic heterocycles. The molecule has 0 radical (unpaired) electrons. The lowest BCUT2D eigenvalue weighted by molar-refractivity contribution is -0.457. The van der Waals surface area contributed by atoms with Gasteiger partial charge >= 0.3 is 24.3 Å². The van der Waals surface area contributed by atoms with Gasteiger partial charge in [-0.05, 0) is 0 Å². The molecule has 0 saturated carbocycles. The molecule has 0 aromatic rings. The van der Waals surface area contributed by atoms with E-state index in [1.165, 1.54) is 0 Å². The molecule has 0 spiro atoms. The zero-order valence-electron chi connectivity index (χ0n) is 10.4. The van der Waals surface area contributed by atoms with Crippen LogP contribution in [0.1, 0.15) is 0 Å².